The lowest BCUT2D eigenvalue weighted by Crippen LogP contribution is -1.92. The Morgan fingerprint density at radius 2 is 2.31 bits per heavy atom. The highest BCUT2D eigenvalue weighted by molar-refractivity contribution is 5.59. The van der Waals surface area contributed by atoms with E-state index in [2.05, 4.69) is 6.07 Å². The van der Waals surface area contributed by atoms with Crippen LogP contribution in [0.5, 0.6) is 0 Å². The van der Waals surface area contributed by atoms with E-state index in [4.69, 9.17) is 11.0 Å². The molecule has 13 heavy (non-hydrogen) atoms. The summed E-state index contributed by atoms with van der Waals surface area (Å²) < 4.78 is 0. The van der Waals surface area contributed by atoms with E-state index in [1.807, 2.05) is 37.3 Å². The van der Waals surface area contributed by atoms with Crippen molar-refractivity contribution < 1.29 is 0 Å². The van der Waals surface area contributed by atoms with E-state index in [1.165, 1.54) is 0 Å². The first-order chi connectivity index (χ1) is 6.27. The molecule has 0 aliphatic carbocycles. The molecular weight excluding hydrogens is 160 g/mol. The summed E-state index contributed by atoms with van der Waals surface area (Å²) in [7, 11) is 0. The molecule has 0 atom stereocenters. The monoisotopic (exact) mass is 172 g/mol. The topological polar surface area (TPSA) is 49.8 Å². The van der Waals surface area contributed by atoms with Gasteiger partial charge in [-0.05, 0) is 18.6 Å². The number of hydrogen-bond acceptors (Lipinski definition) is 2. The van der Waals surface area contributed by atoms with Crippen molar-refractivity contribution in [1.29, 1.82) is 5.26 Å². The first-order valence-electron chi connectivity index (χ1n) is 4.15. The minimum atomic E-state index is 0.499. The Balaban J connectivity index is 3.10. The number of rotatable bonds is 2. The van der Waals surface area contributed by atoms with Gasteiger partial charge in [-0.15, -0.1) is 0 Å². The molecule has 2 nitrogen and oxygen atoms in total. The van der Waals surface area contributed by atoms with Gasteiger partial charge in [-0.25, -0.2) is 0 Å². The number of nitrogens with zero attached hydrogens (tertiary/aromatic N) is 1. The summed E-state index contributed by atoms with van der Waals surface area (Å²) in [5.41, 5.74) is 8.11. The van der Waals surface area contributed by atoms with Gasteiger partial charge in [-0.2, -0.15) is 5.26 Å². The summed E-state index contributed by atoms with van der Waals surface area (Å²) in [5, 5.41) is 8.79. The molecule has 0 heterocycles. The minimum absolute atomic E-state index is 0.499. The standard InChI is InChI=1S/C11H12N2/c1-9-4-5-11(8-13)10(7-9)3-2-6-12/h2-5,7H,6,12H2,1H3. The van der Waals surface area contributed by atoms with Crippen LogP contribution in [0.3, 0.4) is 0 Å². The maximum Gasteiger partial charge on any atom is 0.0997 e. The Morgan fingerprint density at radius 3 is 2.92 bits per heavy atom. The van der Waals surface area contributed by atoms with E-state index in [0.29, 0.717) is 12.1 Å². The third-order valence-corrected chi connectivity index (χ3v) is 1.76. The van der Waals surface area contributed by atoms with Crippen LogP contribution in [0.1, 0.15) is 16.7 Å². The molecule has 2 heteroatoms. The molecule has 0 spiro atoms. The Morgan fingerprint density at radius 1 is 1.54 bits per heavy atom. The fourth-order valence-corrected chi connectivity index (χ4v) is 1.12. The molecule has 0 aliphatic rings. The van der Waals surface area contributed by atoms with Crippen molar-refractivity contribution in [2.45, 2.75) is 6.92 Å². The van der Waals surface area contributed by atoms with Gasteiger partial charge in [0, 0.05) is 6.54 Å². The van der Waals surface area contributed by atoms with Gasteiger partial charge in [0.1, 0.15) is 0 Å². The van der Waals surface area contributed by atoms with Gasteiger partial charge < -0.3 is 5.73 Å². The summed E-state index contributed by atoms with van der Waals surface area (Å²) in [5.74, 6) is 0. The largest absolute Gasteiger partial charge is 0.327 e. The van der Waals surface area contributed by atoms with Gasteiger partial charge in [-0.1, -0.05) is 29.8 Å². The molecule has 0 aliphatic heterocycles. The maximum absolute atomic E-state index is 8.79. The summed E-state index contributed by atoms with van der Waals surface area (Å²) >= 11 is 0. The second-order valence-electron chi connectivity index (χ2n) is 2.84. The first-order valence-corrected chi connectivity index (χ1v) is 4.15. The van der Waals surface area contributed by atoms with E-state index in [-0.39, 0.29) is 0 Å². The van der Waals surface area contributed by atoms with Gasteiger partial charge in [0.05, 0.1) is 11.6 Å². The Bertz CT molecular complexity index is 359. The molecule has 1 aromatic carbocycles. The molecule has 0 bridgehead atoms. The summed E-state index contributed by atoms with van der Waals surface area (Å²) in [6.07, 6.45) is 3.72. The maximum atomic E-state index is 8.79. The predicted octanol–water partition coefficient (Wildman–Crippen LogP) is 1.84. The fourth-order valence-electron chi connectivity index (χ4n) is 1.12. The molecule has 0 saturated carbocycles. The minimum Gasteiger partial charge on any atom is -0.327 e. The van der Waals surface area contributed by atoms with Crippen molar-refractivity contribution in [2.75, 3.05) is 6.54 Å². The molecule has 0 unspecified atom stereocenters. The lowest BCUT2D eigenvalue weighted by Gasteiger charge is -1.98. The van der Waals surface area contributed by atoms with Gasteiger partial charge in [0.15, 0.2) is 0 Å². The molecule has 1 rings (SSSR count). The zero-order valence-electron chi connectivity index (χ0n) is 7.62. The quantitative estimate of drug-likeness (QED) is 0.740. The summed E-state index contributed by atoms with van der Waals surface area (Å²) in [6, 6.07) is 7.87. The SMILES string of the molecule is Cc1ccc(C#N)c(C=CCN)c1. The van der Waals surface area contributed by atoms with Crippen molar-refractivity contribution in [2.24, 2.45) is 5.73 Å². The van der Waals surface area contributed by atoms with Crippen LogP contribution >= 0.6 is 0 Å². The van der Waals surface area contributed by atoms with Gasteiger partial charge in [0.2, 0.25) is 0 Å². The highest BCUT2D eigenvalue weighted by atomic mass is 14.5. The zero-order chi connectivity index (χ0) is 9.68. The molecule has 0 fully saturated rings. The highest BCUT2D eigenvalue weighted by Crippen LogP contribution is 2.12. The van der Waals surface area contributed by atoms with Gasteiger partial charge in [0.25, 0.3) is 0 Å². The van der Waals surface area contributed by atoms with E-state index in [0.717, 1.165) is 11.1 Å². The Hall–Kier alpha value is -1.59. The molecule has 2 N–H and O–H groups in total. The third kappa shape index (κ3) is 2.43. The number of aryl methyl sites for hydroxylation is 1. The normalized spacial score (nSPS) is 10.2. The van der Waals surface area contributed by atoms with E-state index >= 15 is 0 Å². The number of nitrogens with two attached hydrogens (primary N) is 1. The molecule has 66 valence electrons. The Kier molecular flexibility index (Phi) is 3.24. The van der Waals surface area contributed by atoms with Crippen molar-refractivity contribution in [1.82, 2.24) is 0 Å². The van der Waals surface area contributed by atoms with Crippen LogP contribution in [-0.2, 0) is 0 Å². The average Bonchev–Trinajstić information content (AvgIpc) is 2.15. The van der Waals surface area contributed by atoms with Crippen LogP contribution in [0.15, 0.2) is 24.3 Å². The highest BCUT2D eigenvalue weighted by Gasteiger charge is 1.97. The van der Waals surface area contributed by atoms with Crippen LogP contribution in [0.4, 0.5) is 0 Å². The van der Waals surface area contributed by atoms with Crippen molar-refractivity contribution in [3.05, 3.63) is 41.0 Å². The van der Waals surface area contributed by atoms with E-state index in [1.54, 1.807) is 0 Å². The van der Waals surface area contributed by atoms with Crippen LogP contribution in [-0.4, -0.2) is 6.54 Å². The van der Waals surface area contributed by atoms with Crippen molar-refractivity contribution in [3.8, 4) is 6.07 Å². The average molecular weight is 172 g/mol. The molecule has 0 radical (unpaired) electrons. The predicted molar refractivity (Wildman–Crippen MR) is 54.0 cm³/mol. The summed E-state index contributed by atoms with van der Waals surface area (Å²) in [6.45, 7) is 2.50. The fraction of sp³-hybridized carbons (Fsp3) is 0.182. The summed E-state index contributed by atoms with van der Waals surface area (Å²) in [4.78, 5) is 0. The third-order valence-electron chi connectivity index (χ3n) is 1.76. The second kappa shape index (κ2) is 4.44. The number of nitriles is 1. The van der Waals surface area contributed by atoms with Crippen LogP contribution < -0.4 is 5.73 Å². The van der Waals surface area contributed by atoms with Crippen LogP contribution in [0.25, 0.3) is 6.08 Å². The van der Waals surface area contributed by atoms with E-state index in [9.17, 15) is 0 Å². The first kappa shape index (κ1) is 9.50. The molecule has 0 amide bonds. The van der Waals surface area contributed by atoms with Gasteiger partial charge >= 0.3 is 0 Å². The molecular formula is C11H12N2. The second-order valence-corrected chi connectivity index (χ2v) is 2.84. The smallest absolute Gasteiger partial charge is 0.0997 e. The lowest BCUT2D eigenvalue weighted by molar-refractivity contribution is 1.26. The number of hydrogen-bond donors (Lipinski definition) is 1. The van der Waals surface area contributed by atoms with Crippen LogP contribution in [0, 0.1) is 18.3 Å². The van der Waals surface area contributed by atoms with E-state index < -0.39 is 0 Å². The molecule has 0 saturated heterocycles. The zero-order valence-corrected chi connectivity index (χ0v) is 7.62. The lowest BCUT2D eigenvalue weighted by atomic mass is 10.1. The Labute approximate surface area is 78.3 Å². The molecule has 1 aromatic rings. The van der Waals surface area contributed by atoms with Crippen molar-refractivity contribution >= 4 is 6.08 Å². The van der Waals surface area contributed by atoms with Crippen molar-refractivity contribution in [3.63, 3.8) is 0 Å². The van der Waals surface area contributed by atoms with Crippen LogP contribution in [0.2, 0.25) is 0 Å². The molecule has 0 aromatic heterocycles. The number of benzene rings is 1. The van der Waals surface area contributed by atoms with Gasteiger partial charge in [-0.3, -0.25) is 0 Å².